The average molecular weight is 774 g/mol. The second-order valence-corrected chi connectivity index (χ2v) is 15.7. The molecule has 0 saturated carbocycles. The molecule has 0 spiro atoms. The van der Waals surface area contributed by atoms with Gasteiger partial charge in [-0.25, -0.2) is 9.78 Å². The van der Waals surface area contributed by atoms with E-state index < -0.39 is 35.6 Å². The van der Waals surface area contributed by atoms with Crippen LogP contribution in [0, 0.1) is 0 Å². The van der Waals surface area contributed by atoms with Crippen LogP contribution in [0.1, 0.15) is 153 Å². The number of unbranched alkanes of at least 4 members (excludes halogenated alkanes) is 13. The molecule has 1 aromatic carbocycles. The van der Waals surface area contributed by atoms with E-state index in [1.807, 2.05) is 12.1 Å². The summed E-state index contributed by atoms with van der Waals surface area (Å²) in [7, 11) is 0. The van der Waals surface area contributed by atoms with Gasteiger partial charge in [0, 0.05) is 29.0 Å². The van der Waals surface area contributed by atoms with Gasteiger partial charge in [0.25, 0.3) is 5.56 Å². The molecule has 0 aliphatic carbocycles. The molecule has 12 nitrogen and oxygen atoms in total. The molecule has 0 saturated heterocycles. The van der Waals surface area contributed by atoms with Crippen LogP contribution in [0.5, 0.6) is 11.5 Å². The highest BCUT2D eigenvalue weighted by molar-refractivity contribution is 5.90. The molecule has 1 amide bonds. The third kappa shape index (κ3) is 9.39. The fraction of sp³-hybridized carbons (Fsp3) is 0.614. The first-order chi connectivity index (χ1) is 27.1. The second-order valence-electron chi connectivity index (χ2n) is 15.7. The molecule has 3 aliphatic rings. The summed E-state index contributed by atoms with van der Waals surface area (Å²) in [4.78, 5) is 58.3. The molecule has 1 unspecified atom stereocenters. The number of nitrogens with zero attached hydrogens (tertiary/aromatic N) is 2. The van der Waals surface area contributed by atoms with Crippen LogP contribution in [-0.2, 0) is 42.6 Å². The lowest BCUT2D eigenvalue weighted by atomic mass is 9.85. The predicted octanol–water partition coefficient (Wildman–Crippen LogP) is 7.88. The highest BCUT2D eigenvalue weighted by Crippen LogP contribution is 2.42. The molecule has 12 heteroatoms. The Hall–Kier alpha value is -4.45. The number of benzene rings is 1. The summed E-state index contributed by atoms with van der Waals surface area (Å²) in [6.45, 7) is 5.86. The van der Waals surface area contributed by atoms with E-state index in [1.54, 1.807) is 30.5 Å². The number of carbonyl (C=O) groups is 3. The standard InChI is InChI=1S/C44H59N3O9/c1-4-6-7-8-9-10-11-12-13-14-15-16-17-18-19-36(48)29(3)45-39(49)20-21-40(50)56-44(5-2)33-24-35-41-31(26-47(35)42(51)32(33)27-53-43(44)52)22-30-23-37-38(55-28-54-37)25-34(30)46-41/h22-25,29,36,48H,4-21,26-28H2,1-3H3,(H,45,49)/t29?,36-,44+/m1/s1. The number of hydrogen-bond acceptors (Lipinski definition) is 10. The minimum Gasteiger partial charge on any atom is -0.457 e. The van der Waals surface area contributed by atoms with E-state index in [2.05, 4.69) is 12.2 Å². The van der Waals surface area contributed by atoms with Gasteiger partial charge in [-0.2, -0.15) is 0 Å². The van der Waals surface area contributed by atoms with Crippen molar-refractivity contribution >= 4 is 28.7 Å². The number of fused-ring (bicyclic) bond motifs is 6. The number of aliphatic hydroxyl groups excluding tert-OH is 1. The lowest BCUT2D eigenvalue weighted by molar-refractivity contribution is -0.189. The molecular formula is C44H59N3O9. The smallest absolute Gasteiger partial charge is 0.355 e. The number of nitrogens with one attached hydrogen (secondary N) is 1. The number of esters is 2. The molecule has 2 N–H and O–H groups in total. The van der Waals surface area contributed by atoms with E-state index in [-0.39, 0.29) is 55.9 Å². The largest absolute Gasteiger partial charge is 0.457 e. The Balaban J connectivity index is 0.972. The summed E-state index contributed by atoms with van der Waals surface area (Å²) >= 11 is 0. The van der Waals surface area contributed by atoms with Gasteiger partial charge in [0.1, 0.15) is 6.61 Å². The fourth-order valence-corrected chi connectivity index (χ4v) is 8.21. The molecule has 3 aliphatic heterocycles. The van der Waals surface area contributed by atoms with Crippen molar-refractivity contribution in [1.29, 1.82) is 0 Å². The van der Waals surface area contributed by atoms with Crippen molar-refractivity contribution in [2.24, 2.45) is 0 Å². The topological polar surface area (TPSA) is 155 Å². The molecule has 6 rings (SSSR count). The van der Waals surface area contributed by atoms with Crippen LogP contribution >= 0.6 is 0 Å². The quantitative estimate of drug-likeness (QED) is 0.0595. The fourth-order valence-electron chi connectivity index (χ4n) is 8.21. The Kier molecular flexibility index (Phi) is 14.1. The number of carbonyl (C=O) groups excluding carboxylic acids is 3. The molecule has 0 radical (unpaired) electrons. The number of cyclic esters (lactones) is 1. The van der Waals surface area contributed by atoms with Gasteiger partial charge in [0.2, 0.25) is 18.3 Å². The van der Waals surface area contributed by atoms with E-state index >= 15 is 0 Å². The van der Waals surface area contributed by atoms with Crippen molar-refractivity contribution in [3.8, 4) is 22.9 Å². The zero-order chi connectivity index (χ0) is 39.7. The van der Waals surface area contributed by atoms with Crippen LogP contribution in [0.25, 0.3) is 22.3 Å². The van der Waals surface area contributed by atoms with Gasteiger partial charge >= 0.3 is 11.9 Å². The van der Waals surface area contributed by atoms with Crippen molar-refractivity contribution in [3.63, 3.8) is 0 Å². The minimum atomic E-state index is -1.86. The number of aliphatic hydroxyl groups is 1. The van der Waals surface area contributed by atoms with Crippen molar-refractivity contribution < 1.29 is 38.4 Å². The maximum absolute atomic E-state index is 13.9. The minimum absolute atomic E-state index is 0.0175. The Labute approximate surface area is 329 Å². The van der Waals surface area contributed by atoms with Crippen LogP contribution in [0.4, 0.5) is 0 Å². The first-order valence-electron chi connectivity index (χ1n) is 21.0. The van der Waals surface area contributed by atoms with E-state index in [9.17, 15) is 24.3 Å². The number of ether oxygens (including phenoxy) is 4. The van der Waals surface area contributed by atoms with E-state index in [1.165, 1.54) is 70.6 Å². The molecule has 3 aromatic rings. The van der Waals surface area contributed by atoms with Crippen LogP contribution in [0.3, 0.4) is 0 Å². The van der Waals surface area contributed by atoms with Crippen LogP contribution in [-0.4, -0.2) is 51.4 Å². The summed E-state index contributed by atoms with van der Waals surface area (Å²) < 4.78 is 24.0. The molecule has 2 aromatic heterocycles. The highest BCUT2D eigenvalue weighted by atomic mass is 16.7. The van der Waals surface area contributed by atoms with Gasteiger partial charge in [-0.15, -0.1) is 0 Å². The molecule has 56 heavy (non-hydrogen) atoms. The van der Waals surface area contributed by atoms with E-state index in [4.69, 9.17) is 23.9 Å². The van der Waals surface area contributed by atoms with Crippen molar-refractivity contribution in [3.05, 3.63) is 51.3 Å². The predicted molar refractivity (Wildman–Crippen MR) is 212 cm³/mol. The maximum atomic E-state index is 13.9. The van der Waals surface area contributed by atoms with Gasteiger partial charge in [-0.1, -0.05) is 104 Å². The molecule has 3 atom stereocenters. The summed E-state index contributed by atoms with van der Waals surface area (Å²) in [6.07, 6.45) is 17.1. The Morgan fingerprint density at radius 2 is 1.52 bits per heavy atom. The molecular weight excluding hydrogens is 714 g/mol. The summed E-state index contributed by atoms with van der Waals surface area (Å²) in [5.41, 5.74) is 0.874. The van der Waals surface area contributed by atoms with Crippen LogP contribution in [0.15, 0.2) is 29.1 Å². The van der Waals surface area contributed by atoms with E-state index in [0.717, 1.165) is 30.2 Å². The normalized spacial score (nSPS) is 17.5. The maximum Gasteiger partial charge on any atom is 0.355 e. The average Bonchev–Trinajstić information content (AvgIpc) is 3.80. The highest BCUT2D eigenvalue weighted by Gasteiger charge is 2.50. The summed E-state index contributed by atoms with van der Waals surface area (Å²) in [5, 5.41) is 14.3. The molecule has 5 heterocycles. The second kappa shape index (κ2) is 19.1. The van der Waals surface area contributed by atoms with Gasteiger partial charge in [0.15, 0.2) is 11.5 Å². The van der Waals surface area contributed by atoms with Crippen molar-refractivity contribution in [2.45, 2.75) is 167 Å². The SMILES string of the molecule is CCCCCCCCCCCCCCCC[C@@H](O)C(C)NC(=O)CCC(=O)O[C@]1(CC)C(=O)OCc2c1cc1n(c2=O)Cc2cc3cc4c(cc3nc2-1)OCO4. The lowest BCUT2D eigenvalue weighted by Crippen LogP contribution is -2.47. The monoisotopic (exact) mass is 773 g/mol. The first-order valence-corrected chi connectivity index (χ1v) is 21.0. The van der Waals surface area contributed by atoms with Gasteiger partial charge in [0.05, 0.1) is 47.6 Å². The summed E-state index contributed by atoms with van der Waals surface area (Å²) in [5.74, 6) is -0.728. The zero-order valence-electron chi connectivity index (χ0n) is 33.4. The first kappa shape index (κ1) is 41.2. The van der Waals surface area contributed by atoms with Crippen molar-refractivity contribution in [1.82, 2.24) is 14.9 Å². The third-order valence-electron chi connectivity index (χ3n) is 11.6. The molecule has 0 fully saturated rings. The van der Waals surface area contributed by atoms with Gasteiger partial charge in [-0.3, -0.25) is 14.4 Å². The van der Waals surface area contributed by atoms with Gasteiger partial charge < -0.3 is 33.9 Å². The Morgan fingerprint density at radius 1 is 0.875 bits per heavy atom. The third-order valence-corrected chi connectivity index (χ3v) is 11.6. The van der Waals surface area contributed by atoms with Crippen molar-refractivity contribution in [2.75, 3.05) is 6.79 Å². The zero-order valence-corrected chi connectivity index (χ0v) is 33.4. The van der Waals surface area contributed by atoms with E-state index in [0.29, 0.717) is 34.8 Å². The number of aromatic nitrogens is 2. The number of pyridine rings is 2. The Bertz CT molecular complexity index is 1940. The lowest BCUT2D eigenvalue weighted by Gasteiger charge is -2.35. The Morgan fingerprint density at radius 3 is 2.18 bits per heavy atom. The number of amides is 1. The summed E-state index contributed by atoms with van der Waals surface area (Å²) in [6, 6.07) is 6.85. The number of hydrogen-bond donors (Lipinski definition) is 2. The number of rotatable bonds is 22. The van der Waals surface area contributed by atoms with Gasteiger partial charge in [-0.05, 0) is 38.0 Å². The van der Waals surface area contributed by atoms with Crippen LogP contribution < -0.4 is 20.3 Å². The molecule has 0 bridgehead atoms. The van der Waals surface area contributed by atoms with Crippen LogP contribution in [0.2, 0.25) is 0 Å². The molecule has 304 valence electrons.